The second kappa shape index (κ2) is 7.69. The lowest BCUT2D eigenvalue weighted by molar-refractivity contribution is -0.142. The number of unbranched alkanes of at least 4 members (excludes halogenated alkanes) is 1. The zero-order valence-electron chi connectivity index (χ0n) is 9.69. The second-order valence-corrected chi connectivity index (χ2v) is 3.59. The Morgan fingerprint density at radius 3 is 2.75 bits per heavy atom. The van der Waals surface area contributed by atoms with Crippen molar-refractivity contribution in [1.82, 2.24) is 0 Å². The minimum absolute atomic E-state index is 0.147. The molecule has 0 amide bonds. The molecule has 1 aromatic carbocycles. The molecule has 0 saturated heterocycles. The van der Waals surface area contributed by atoms with Crippen LogP contribution < -0.4 is 0 Å². The van der Waals surface area contributed by atoms with Crippen LogP contribution in [-0.4, -0.2) is 12.6 Å². The number of allylic oxidation sites excluding steroid dienone is 2. The van der Waals surface area contributed by atoms with Crippen LogP contribution in [0.25, 0.3) is 0 Å². The van der Waals surface area contributed by atoms with Gasteiger partial charge in [0.25, 0.3) is 0 Å². The summed E-state index contributed by atoms with van der Waals surface area (Å²) in [4.78, 5) is 11.4. The molecular weight excluding hydrogens is 200 g/mol. The minimum Gasteiger partial charge on any atom is -0.465 e. The third kappa shape index (κ3) is 5.35. The normalized spacial score (nSPS) is 10.6. The highest BCUT2D eigenvalue weighted by atomic mass is 16.5. The molecule has 2 heteroatoms. The highest BCUT2D eigenvalue weighted by Gasteiger charge is 2.03. The quantitative estimate of drug-likeness (QED) is 0.416. The third-order valence-corrected chi connectivity index (χ3v) is 2.21. The molecule has 0 bridgehead atoms. The number of carbonyl (C=O) groups excluding carboxylic acids is 1. The van der Waals surface area contributed by atoms with Crippen molar-refractivity contribution in [3.05, 3.63) is 48.0 Å². The molecular formula is C14H18O2. The van der Waals surface area contributed by atoms with Crippen molar-refractivity contribution >= 4 is 5.97 Å². The zero-order valence-corrected chi connectivity index (χ0v) is 9.69. The first-order chi connectivity index (χ1) is 7.83. The number of esters is 1. The van der Waals surface area contributed by atoms with Gasteiger partial charge in [0, 0.05) is 0 Å². The molecule has 16 heavy (non-hydrogen) atoms. The lowest BCUT2D eigenvalue weighted by atomic mass is 10.2. The Morgan fingerprint density at radius 1 is 1.31 bits per heavy atom. The first-order valence-electron chi connectivity index (χ1n) is 5.63. The van der Waals surface area contributed by atoms with Crippen LogP contribution in [-0.2, 0) is 16.0 Å². The average Bonchev–Trinajstić information content (AvgIpc) is 2.30. The molecule has 0 unspecified atom stereocenters. The highest BCUT2D eigenvalue weighted by molar-refractivity contribution is 5.72. The lowest BCUT2D eigenvalue weighted by Crippen LogP contribution is -2.08. The van der Waals surface area contributed by atoms with Crippen LogP contribution in [0.5, 0.6) is 0 Å². The van der Waals surface area contributed by atoms with Crippen molar-refractivity contribution in [2.45, 2.75) is 26.2 Å². The maximum Gasteiger partial charge on any atom is 0.310 e. The molecule has 0 radical (unpaired) electrons. The highest BCUT2D eigenvalue weighted by Crippen LogP contribution is 2.01. The Hall–Kier alpha value is -1.57. The van der Waals surface area contributed by atoms with Crippen LogP contribution in [0.1, 0.15) is 25.3 Å². The molecule has 0 heterocycles. The SMILES string of the molecule is C/C=C/CCCOC(=O)Cc1ccccc1. The van der Waals surface area contributed by atoms with E-state index in [4.69, 9.17) is 4.74 Å². The minimum atomic E-state index is -0.147. The molecule has 0 saturated carbocycles. The summed E-state index contributed by atoms with van der Waals surface area (Å²) in [5.74, 6) is -0.147. The van der Waals surface area contributed by atoms with E-state index in [1.54, 1.807) is 0 Å². The molecule has 0 N–H and O–H groups in total. The average molecular weight is 218 g/mol. The van der Waals surface area contributed by atoms with E-state index in [0.717, 1.165) is 18.4 Å². The topological polar surface area (TPSA) is 26.3 Å². The fourth-order valence-corrected chi connectivity index (χ4v) is 1.37. The number of hydrogen-bond acceptors (Lipinski definition) is 2. The van der Waals surface area contributed by atoms with Crippen LogP contribution in [0.4, 0.5) is 0 Å². The van der Waals surface area contributed by atoms with Crippen molar-refractivity contribution in [1.29, 1.82) is 0 Å². The fourth-order valence-electron chi connectivity index (χ4n) is 1.37. The number of hydrogen-bond donors (Lipinski definition) is 0. The standard InChI is InChI=1S/C14H18O2/c1-2-3-4-8-11-16-14(15)12-13-9-6-5-7-10-13/h2-3,5-7,9-10H,4,8,11-12H2,1H3/b3-2+. The lowest BCUT2D eigenvalue weighted by Gasteiger charge is -2.03. The molecule has 86 valence electrons. The van der Waals surface area contributed by atoms with Gasteiger partial charge in [0.2, 0.25) is 0 Å². The number of benzene rings is 1. The molecule has 0 fully saturated rings. The molecule has 0 aromatic heterocycles. The predicted octanol–water partition coefficient (Wildman–Crippen LogP) is 3.13. The van der Waals surface area contributed by atoms with Gasteiger partial charge >= 0.3 is 5.97 Å². The Morgan fingerprint density at radius 2 is 2.06 bits per heavy atom. The summed E-state index contributed by atoms with van der Waals surface area (Å²) in [6.07, 6.45) is 6.31. The number of ether oxygens (including phenoxy) is 1. The van der Waals surface area contributed by atoms with E-state index in [-0.39, 0.29) is 5.97 Å². The van der Waals surface area contributed by atoms with Gasteiger partial charge in [0.05, 0.1) is 13.0 Å². The van der Waals surface area contributed by atoms with Crippen LogP contribution in [0, 0.1) is 0 Å². The van der Waals surface area contributed by atoms with Gasteiger partial charge in [-0.05, 0) is 25.3 Å². The van der Waals surface area contributed by atoms with Gasteiger partial charge in [0.1, 0.15) is 0 Å². The van der Waals surface area contributed by atoms with Gasteiger partial charge in [-0.15, -0.1) is 0 Å². The Kier molecular flexibility index (Phi) is 6.00. The van der Waals surface area contributed by atoms with Gasteiger partial charge in [-0.3, -0.25) is 4.79 Å². The fraction of sp³-hybridized carbons (Fsp3) is 0.357. The van der Waals surface area contributed by atoms with Gasteiger partial charge in [-0.25, -0.2) is 0 Å². The monoisotopic (exact) mass is 218 g/mol. The van der Waals surface area contributed by atoms with E-state index >= 15 is 0 Å². The van der Waals surface area contributed by atoms with E-state index in [1.165, 1.54) is 0 Å². The summed E-state index contributed by atoms with van der Waals surface area (Å²) in [5.41, 5.74) is 1.00. The van der Waals surface area contributed by atoms with Crippen LogP contribution in [0.2, 0.25) is 0 Å². The summed E-state index contributed by atoms with van der Waals surface area (Å²) in [5, 5.41) is 0. The maximum absolute atomic E-state index is 11.4. The number of carbonyl (C=O) groups is 1. The summed E-state index contributed by atoms with van der Waals surface area (Å²) >= 11 is 0. The van der Waals surface area contributed by atoms with E-state index in [9.17, 15) is 4.79 Å². The summed E-state index contributed by atoms with van der Waals surface area (Å²) in [7, 11) is 0. The smallest absolute Gasteiger partial charge is 0.310 e. The van der Waals surface area contributed by atoms with E-state index < -0.39 is 0 Å². The van der Waals surface area contributed by atoms with Crippen molar-refractivity contribution in [3.8, 4) is 0 Å². The summed E-state index contributed by atoms with van der Waals surface area (Å²) < 4.78 is 5.12. The van der Waals surface area contributed by atoms with Gasteiger partial charge in [-0.1, -0.05) is 42.5 Å². The number of rotatable bonds is 6. The van der Waals surface area contributed by atoms with Gasteiger partial charge < -0.3 is 4.74 Å². The molecule has 0 aliphatic carbocycles. The molecule has 1 rings (SSSR count). The Bertz CT molecular complexity index is 328. The molecule has 0 aliphatic rings. The Labute approximate surface area is 96.9 Å². The summed E-state index contributed by atoms with van der Waals surface area (Å²) in [6.45, 7) is 2.50. The molecule has 0 atom stereocenters. The largest absolute Gasteiger partial charge is 0.465 e. The van der Waals surface area contributed by atoms with Crippen molar-refractivity contribution in [2.75, 3.05) is 6.61 Å². The van der Waals surface area contributed by atoms with Crippen molar-refractivity contribution in [2.24, 2.45) is 0 Å². The van der Waals surface area contributed by atoms with E-state index in [1.807, 2.05) is 43.3 Å². The molecule has 2 nitrogen and oxygen atoms in total. The van der Waals surface area contributed by atoms with Crippen LogP contribution in [0.15, 0.2) is 42.5 Å². The predicted molar refractivity (Wildman–Crippen MR) is 65.2 cm³/mol. The first-order valence-corrected chi connectivity index (χ1v) is 5.63. The van der Waals surface area contributed by atoms with Crippen molar-refractivity contribution < 1.29 is 9.53 Å². The molecule has 1 aromatic rings. The second-order valence-electron chi connectivity index (χ2n) is 3.59. The zero-order chi connectivity index (χ0) is 11.6. The summed E-state index contributed by atoms with van der Waals surface area (Å²) in [6, 6.07) is 9.65. The van der Waals surface area contributed by atoms with E-state index in [0.29, 0.717) is 13.0 Å². The van der Waals surface area contributed by atoms with Gasteiger partial charge in [-0.2, -0.15) is 0 Å². The van der Waals surface area contributed by atoms with Gasteiger partial charge in [0.15, 0.2) is 0 Å². The van der Waals surface area contributed by atoms with Crippen LogP contribution >= 0.6 is 0 Å². The van der Waals surface area contributed by atoms with Crippen molar-refractivity contribution in [3.63, 3.8) is 0 Å². The van der Waals surface area contributed by atoms with Crippen LogP contribution in [0.3, 0.4) is 0 Å². The van der Waals surface area contributed by atoms with E-state index in [2.05, 4.69) is 6.08 Å². The third-order valence-electron chi connectivity index (χ3n) is 2.21. The maximum atomic E-state index is 11.4. The Balaban J connectivity index is 2.16. The molecule has 0 aliphatic heterocycles. The molecule has 0 spiro atoms. The first kappa shape index (κ1) is 12.5.